The fourth-order valence-electron chi connectivity index (χ4n) is 8.69. The maximum absolute atomic E-state index is 10.9. The van der Waals surface area contributed by atoms with Crippen LogP contribution in [0.4, 0.5) is 0 Å². The molecular formula is C26H46O2. The molecule has 1 N–H and O–H groups in total. The second kappa shape index (κ2) is 8.31. The lowest BCUT2D eigenvalue weighted by Crippen LogP contribution is -2.56. The second-order valence-corrected chi connectivity index (χ2v) is 11.2. The minimum Gasteiger partial charge on any atom is -0.481 e. The molecule has 2 heteroatoms. The van der Waals surface area contributed by atoms with Gasteiger partial charge in [0.2, 0.25) is 0 Å². The predicted molar refractivity (Wildman–Crippen MR) is 117 cm³/mol. The Kier molecular flexibility index (Phi) is 6.57. The highest BCUT2D eigenvalue weighted by Crippen LogP contribution is 2.70. The maximum Gasteiger partial charge on any atom is 0.303 e. The van der Waals surface area contributed by atoms with Crippen molar-refractivity contribution in [2.45, 2.75) is 118 Å². The molecule has 0 amide bonds. The molecule has 28 heavy (non-hydrogen) atoms. The number of aliphatic carboxylic acids is 1. The van der Waals surface area contributed by atoms with E-state index in [1.807, 2.05) is 13.8 Å². The first-order valence-corrected chi connectivity index (χ1v) is 12.5. The van der Waals surface area contributed by atoms with E-state index in [2.05, 4.69) is 20.8 Å². The Hall–Kier alpha value is -0.530. The van der Waals surface area contributed by atoms with Gasteiger partial charge >= 0.3 is 5.97 Å². The Balaban J connectivity index is 0.00000109. The zero-order valence-electron chi connectivity index (χ0n) is 19.4. The first-order chi connectivity index (χ1) is 13.3. The molecule has 7 unspecified atom stereocenters. The van der Waals surface area contributed by atoms with E-state index in [4.69, 9.17) is 5.11 Å². The highest BCUT2D eigenvalue weighted by Gasteiger charge is 2.62. The SMILES string of the molecule is CC.CC12CCC3C(CCC4(C)CCCCC34C)C1CCC2CCCC(=O)O. The van der Waals surface area contributed by atoms with Crippen LogP contribution in [0.15, 0.2) is 0 Å². The second-order valence-electron chi connectivity index (χ2n) is 11.2. The van der Waals surface area contributed by atoms with Crippen LogP contribution < -0.4 is 0 Å². The van der Waals surface area contributed by atoms with Crippen LogP contribution in [-0.4, -0.2) is 11.1 Å². The summed E-state index contributed by atoms with van der Waals surface area (Å²) in [6, 6.07) is 0. The van der Waals surface area contributed by atoms with Crippen LogP contribution in [0.5, 0.6) is 0 Å². The quantitative estimate of drug-likeness (QED) is 0.533. The van der Waals surface area contributed by atoms with Crippen LogP contribution in [0.3, 0.4) is 0 Å². The summed E-state index contributed by atoms with van der Waals surface area (Å²) in [4.78, 5) is 10.9. The Bertz CT molecular complexity index is 557. The lowest BCUT2D eigenvalue weighted by molar-refractivity contribution is -0.152. The molecule has 0 aliphatic heterocycles. The minimum atomic E-state index is -0.620. The van der Waals surface area contributed by atoms with E-state index in [1.54, 1.807) is 0 Å². The lowest BCUT2D eigenvalue weighted by atomic mass is 9.40. The molecule has 0 radical (unpaired) electrons. The molecule has 0 heterocycles. The van der Waals surface area contributed by atoms with E-state index < -0.39 is 5.97 Å². The standard InChI is InChI=1S/C24H40O2.C2H6/c1-22-13-4-5-14-24(22,3)20-12-16-23(2)17(7-6-8-21(25)26)9-10-19(23)18(20)11-15-22;1-2/h17-20H,4-16H2,1-3H3,(H,25,26);1-2H3. The number of carbonyl (C=O) groups is 1. The summed E-state index contributed by atoms with van der Waals surface area (Å²) in [5.41, 5.74) is 1.68. The van der Waals surface area contributed by atoms with Crippen molar-refractivity contribution in [3.8, 4) is 0 Å². The van der Waals surface area contributed by atoms with E-state index in [0.29, 0.717) is 22.7 Å². The first-order valence-electron chi connectivity index (χ1n) is 12.5. The van der Waals surface area contributed by atoms with Crippen LogP contribution in [0.25, 0.3) is 0 Å². The molecule has 0 aromatic carbocycles. The number of rotatable bonds is 4. The van der Waals surface area contributed by atoms with Crippen LogP contribution in [-0.2, 0) is 4.79 Å². The molecule has 4 aliphatic rings. The van der Waals surface area contributed by atoms with E-state index >= 15 is 0 Å². The molecule has 4 fully saturated rings. The molecule has 4 saturated carbocycles. The molecule has 0 spiro atoms. The first kappa shape index (κ1) is 22.2. The minimum absolute atomic E-state index is 0.361. The fraction of sp³-hybridized carbons (Fsp3) is 0.962. The normalized spacial score (nSPS) is 47.2. The van der Waals surface area contributed by atoms with Gasteiger partial charge in [0.1, 0.15) is 0 Å². The van der Waals surface area contributed by atoms with E-state index in [0.717, 1.165) is 36.5 Å². The molecule has 0 aromatic heterocycles. The van der Waals surface area contributed by atoms with Crippen molar-refractivity contribution in [2.75, 3.05) is 0 Å². The number of hydrogen-bond acceptors (Lipinski definition) is 1. The molecule has 4 rings (SSSR count). The van der Waals surface area contributed by atoms with Gasteiger partial charge in [-0.1, -0.05) is 47.5 Å². The van der Waals surface area contributed by atoms with Crippen LogP contribution >= 0.6 is 0 Å². The third-order valence-corrected chi connectivity index (χ3v) is 10.5. The van der Waals surface area contributed by atoms with E-state index in [9.17, 15) is 4.79 Å². The molecule has 4 aliphatic carbocycles. The highest BCUT2D eigenvalue weighted by molar-refractivity contribution is 5.66. The topological polar surface area (TPSA) is 37.3 Å². The van der Waals surface area contributed by atoms with Gasteiger partial charge in [-0.05, 0) is 104 Å². The average Bonchev–Trinajstić information content (AvgIpc) is 3.00. The van der Waals surface area contributed by atoms with Gasteiger partial charge in [-0.15, -0.1) is 0 Å². The number of hydrogen-bond donors (Lipinski definition) is 1. The molecule has 0 bridgehead atoms. The zero-order valence-corrected chi connectivity index (χ0v) is 19.4. The van der Waals surface area contributed by atoms with Crippen molar-refractivity contribution in [3.05, 3.63) is 0 Å². The Morgan fingerprint density at radius 2 is 1.61 bits per heavy atom. The zero-order chi connectivity index (χ0) is 20.6. The van der Waals surface area contributed by atoms with Gasteiger partial charge in [0.25, 0.3) is 0 Å². The number of carboxylic acid groups (broad SMARTS) is 1. The Morgan fingerprint density at radius 1 is 0.893 bits per heavy atom. The van der Waals surface area contributed by atoms with Crippen LogP contribution in [0, 0.1) is 39.9 Å². The molecule has 0 aromatic rings. The maximum atomic E-state index is 10.9. The third-order valence-electron chi connectivity index (χ3n) is 10.5. The van der Waals surface area contributed by atoms with Gasteiger partial charge in [0.15, 0.2) is 0 Å². The third kappa shape index (κ3) is 3.45. The van der Waals surface area contributed by atoms with Gasteiger partial charge in [0, 0.05) is 6.42 Å². The monoisotopic (exact) mass is 390 g/mol. The van der Waals surface area contributed by atoms with Crippen molar-refractivity contribution in [1.29, 1.82) is 0 Å². The highest BCUT2D eigenvalue weighted by atomic mass is 16.4. The largest absolute Gasteiger partial charge is 0.481 e. The van der Waals surface area contributed by atoms with Crippen molar-refractivity contribution in [2.24, 2.45) is 39.9 Å². The molecule has 162 valence electrons. The Labute approximate surface area is 174 Å². The van der Waals surface area contributed by atoms with E-state index in [1.165, 1.54) is 64.2 Å². The fourth-order valence-corrected chi connectivity index (χ4v) is 8.69. The molecule has 2 nitrogen and oxygen atoms in total. The van der Waals surface area contributed by atoms with Gasteiger partial charge < -0.3 is 5.11 Å². The van der Waals surface area contributed by atoms with Crippen molar-refractivity contribution in [1.82, 2.24) is 0 Å². The van der Waals surface area contributed by atoms with Crippen molar-refractivity contribution >= 4 is 5.97 Å². The lowest BCUT2D eigenvalue weighted by Gasteiger charge is -2.64. The summed E-state index contributed by atoms with van der Waals surface area (Å²) < 4.78 is 0. The van der Waals surface area contributed by atoms with Gasteiger partial charge in [-0.2, -0.15) is 0 Å². The molecule has 0 saturated heterocycles. The molecule has 7 atom stereocenters. The predicted octanol–water partition coefficient (Wildman–Crippen LogP) is 7.71. The Morgan fingerprint density at radius 3 is 2.32 bits per heavy atom. The summed E-state index contributed by atoms with van der Waals surface area (Å²) in [6.45, 7) is 11.9. The van der Waals surface area contributed by atoms with Gasteiger partial charge in [-0.25, -0.2) is 0 Å². The van der Waals surface area contributed by atoms with Gasteiger partial charge in [-0.3, -0.25) is 4.79 Å². The van der Waals surface area contributed by atoms with Crippen LogP contribution in [0.2, 0.25) is 0 Å². The summed E-state index contributed by atoms with van der Waals surface area (Å²) in [6.07, 6.45) is 16.8. The number of fused-ring (bicyclic) bond motifs is 5. The van der Waals surface area contributed by atoms with Crippen molar-refractivity contribution < 1.29 is 9.90 Å². The van der Waals surface area contributed by atoms with Gasteiger partial charge in [0.05, 0.1) is 0 Å². The van der Waals surface area contributed by atoms with Crippen molar-refractivity contribution in [3.63, 3.8) is 0 Å². The average molecular weight is 391 g/mol. The number of carboxylic acids is 1. The van der Waals surface area contributed by atoms with Crippen LogP contribution in [0.1, 0.15) is 118 Å². The summed E-state index contributed by atoms with van der Waals surface area (Å²) >= 11 is 0. The van der Waals surface area contributed by atoms with E-state index in [-0.39, 0.29) is 0 Å². The summed E-state index contributed by atoms with van der Waals surface area (Å²) in [5, 5.41) is 9.00. The summed E-state index contributed by atoms with van der Waals surface area (Å²) in [7, 11) is 0. The smallest absolute Gasteiger partial charge is 0.303 e. The molecular weight excluding hydrogens is 344 g/mol. The summed E-state index contributed by atoms with van der Waals surface area (Å²) in [5.74, 6) is 2.98.